The highest BCUT2D eigenvalue weighted by Crippen LogP contribution is 2.34. The van der Waals surface area contributed by atoms with E-state index in [0.717, 1.165) is 10.7 Å². The molecule has 1 unspecified atom stereocenters. The normalized spacial score (nSPS) is 12.3. The molecule has 4 rings (SSSR count). The third-order valence-electron chi connectivity index (χ3n) is 5.45. The molecule has 35 heavy (non-hydrogen) atoms. The summed E-state index contributed by atoms with van der Waals surface area (Å²) in [5.74, 6) is 0.216. The van der Waals surface area contributed by atoms with E-state index in [2.05, 4.69) is 149 Å². The lowest BCUT2D eigenvalue weighted by atomic mass is 9.87. The highest BCUT2D eigenvalue weighted by Gasteiger charge is 2.29. The van der Waals surface area contributed by atoms with Crippen molar-refractivity contribution in [3.8, 4) is 5.75 Å². The minimum Gasteiger partial charge on any atom is -0.423 e. The van der Waals surface area contributed by atoms with Crippen molar-refractivity contribution in [3.05, 3.63) is 113 Å². The molecule has 0 aliphatic rings. The first-order valence-electron chi connectivity index (χ1n) is 11.0. The van der Waals surface area contributed by atoms with E-state index in [9.17, 15) is 4.79 Å². The number of carbonyl (C=O) groups excluding carboxylic acids is 1. The van der Waals surface area contributed by atoms with Gasteiger partial charge in [0, 0.05) is 10.7 Å². The Morgan fingerprint density at radius 1 is 0.686 bits per heavy atom. The van der Waals surface area contributed by atoms with Gasteiger partial charge in [-0.3, -0.25) is 0 Å². The first kappa shape index (κ1) is 26.9. The minimum atomic E-state index is -0.329. The molecule has 0 saturated carbocycles. The quantitative estimate of drug-likeness (QED) is 0.0661. The van der Waals surface area contributed by atoms with E-state index in [1.165, 1.54) is 20.2 Å². The first-order valence-corrected chi connectivity index (χ1v) is 15.5. The molecule has 0 spiro atoms. The second-order valence-corrected chi connectivity index (χ2v) is 14.4. The summed E-state index contributed by atoms with van der Waals surface area (Å²) >= 11 is 6.64. The van der Waals surface area contributed by atoms with Crippen molar-refractivity contribution in [1.82, 2.24) is 0 Å². The van der Waals surface area contributed by atoms with Gasteiger partial charge in [0.25, 0.3) is 0 Å². The average Bonchev–Trinajstić information content (AvgIpc) is 2.83. The van der Waals surface area contributed by atoms with Crippen molar-refractivity contribution in [3.63, 3.8) is 0 Å². The number of esters is 1. The molecule has 0 radical (unpaired) electrons. The van der Waals surface area contributed by atoms with Gasteiger partial charge in [0.15, 0.2) is 14.7 Å². The van der Waals surface area contributed by atoms with E-state index in [1.54, 1.807) is 0 Å². The van der Waals surface area contributed by atoms with Crippen LogP contribution in [0.4, 0.5) is 0 Å². The van der Waals surface area contributed by atoms with Gasteiger partial charge < -0.3 is 4.74 Å². The summed E-state index contributed by atoms with van der Waals surface area (Å²) < 4.78 is 8.61. The maximum Gasteiger partial charge on any atom is 0.345 e. The zero-order valence-corrected chi connectivity index (χ0v) is 26.8. The molecule has 178 valence electrons. The molecule has 0 fully saturated rings. The van der Waals surface area contributed by atoms with Crippen molar-refractivity contribution in [2.24, 2.45) is 0 Å². The number of halogens is 3. The molecule has 0 amide bonds. The smallest absolute Gasteiger partial charge is 0.345 e. The van der Waals surface area contributed by atoms with E-state index in [-0.39, 0.29) is 22.3 Å². The van der Waals surface area contributed by atoms with Crippen molar-refractivity contribution >= 4 is 84.6 Å². The zero-order valence-electron chi connectivity index (χ0n) is 19.5. The van der Waals surface area contributed by atoms with Crippen LogP contribution in [0.15, 0.2) is 106 Å². The monoisotopic (exact) mass is 817 g/mol. The first-order chi connectivity index (χ1) is 16.6. The largest absolute Gasteiger partial charge is 0.423 e. The number of rotatable bonds is 5. The van der Waals surface area contributed by atoms with Crippen LogP contribution in [0, 0.1) is 10.7 Å². The van der Waals surface area contributed by atoms with Gasteiger partial charge in [-0.1, -0.05) is 51.1 Å². The third-order valence-corrected chi connectivity index (χ3v) is 11.6. The number of carbonyl (C=O) groups is 1. The van der Waals surface area contributed by atoms with Gasteiger partial charge in [-0.05, 0) is 139 Å². The number of benzene rings is 4. The lowest BCUT2D eigenvalue weighted by molar-refractivity contribution is 0.0732. The molecule has 4 aromatic carbocycles. The maximum atomic E-state index is 12.9. The molecular formula is C29H24I3O2S+. The van der Waals surface area contributed by atoms with Crippen LogP contribution in [-0.2, 0) is 16.3 Å². The lowest BCUT2D eigenvalue weighted by Gasteiger charge is -2.19. The number of hydrogen-bond donors (Lipinski definition) is 0. The van der Waals surface area contributed by atoms with Gasteiger partial charge in [-0.2, -0.15) is 0 Å². The molecule has 0 heterocycles. The van der Waals surface area contributed by atoms with Crippen LogP contribution in [0.1, 0.15) is 36.7 Å². The third kappa shape index (κ3) is 6.42. The van der Waals surface area contributed by atoms with Crippen LogP contribution in [0.3, 0.4) is 0 Å². The molecule has 0 bridgehead atoms. The van der Waals surface area contributed by atoms with Crippen LogP contribution in [-0.4, -0.2) is 5.97 Å². The fourth-order valence-corrected chi connectivity index (χ4v) is 7.96. The van der Waals surface area contributed by atoms with Crippen LogP contribution >= 0.6 is 67.8 Å². The summed E-state index contributed by atoms with van der Waals surface area (Å²) in [5.41, 5.74) is 2.05. The second kappa shape index (κ2) is 11.5. The summed E-state index contributed by atoms with van der Waals surface area (Å²) in [6.45, 7) is 6.70. The van der Waals surface area contributed by atoms with Crippen molar-refractivity contribution in [1.29, 1.82) is 0 Å². The van der Waals surface area contributed by atoms with Crippen LogP contribution in [0.2, 0.25) is 0 Å². The molecule has 0 N–H and O–H groups in total. The summed E-state index contributed by atoms with van der Waals surface area (Å²) in [5, 5.41) is 0. The topological polar surface area (TPSA) is 26.3 Å². The van der Waals surface area contributed by atoms with Gasteiger partial charge >= 0.3 is 5.97 Å². The van der Waals surface area contributed by atoms with Gasteiger partial charge in [0.05, 0.1) is 16.5 Å². The minimum absolute atomic E-state index is 0.113. The summed E-state index contributed by atoms with van der Waals surface area (Å²) in [7, 11) is -0.261. The number of ether oxygens (including phenoxy) is 1. The Kier molecular flexibility index (Phi) is 8.86. The summed E-state index contributed by atoms with van der Waals surface area (Å²) in [6.07, 6.45) is 0. The van der Waals surface area contributed by atoms with E-state index in [1.807, 2.05) is 30.3 Å². The van der Waals surface area contributed by atoms with Gasteiger partial charge in [-0.25, -0.2) is 4.79 Å². The molecule has 4 aromatic rings. The fourth-order valence-electron chi connectivity index (χ4n) is 3.57. The Balaban J connectivity index is 1.64. The predicted molar refractivity (Wildman–Crippen MR) is 170 cm³/mol. The van der Waals surface area contributed by atoms with Crippen molar-refractivity contribution in [2.45, 2.75) is 40.9 Å². The van der Waals surface area contributed by atoms with Crippen LogP contribution < -0.4 is 4.74 Å². The molecule has 1 atom stereocenters. The molecule has 2 nitrogen and oxygen atoms in total. The van der Waals surface area contributed by atoms with Crippen molar-refractivity contribution < 1.29 is 9.53 Å². The Labute approximate surface area is 251 Å². The van der Waals surface area contributed by atoms with Crippen molar-refractivity contribution in [2.75, 3.05) is 0 Å². The molecular weight excluding hydrogens is 793 g/mol. The Morgan fingerprint density at radius 2 is 1.20 bits per heavy atom. The van der Waals surface area contributed by atoms with E-state index >= 15 is 0 Å². The number of hydrogen-bond acceptors (Lipinski definition) is 2. The van der Waals surface area contributed by atoms with Gasteiger partial charge in [0.2, 0.25) is 0 Å². The second-order valence-electron chi connectivity index (χ2n) is 8.97. The Hall–Kier alpha value is -1.11. The molecule has 0 aromatic heterocycles. The molecule has 0 saturated heterocycles. The SMILES string of the molecule is CC(C)(C)c1ccc([S+](c2ccccc2)c2ccc(OC(=O)c3c(I)ccc(I)c3I)cc2)cc1. The van der Waals surface area contributed by atoms with E-state index in [0.29, 0.717) is 11.3 Å². The molecule has 6 heteroatoms. The summed E-state index contributed by atoms with van der Waals surface area (Å²) in [6, 6.07) is 31.4. The fraction of sp³-hybridized carbons (Fsp3) is 0.138. The highest BCUT2D eigenvalue weighted by molar-refractivity contribution is 14.1. The lowest BCUT2D eigenvalue weighted by Crippen LogP contribution is -2.13. The molecule has 0 aliphatic carbocycles. The van der Waals surface area contributed by atoms with E-state index < -0.39 is 0 Å². The summed E-state index contributed by atoms with van der Waals surface area (Å²) in [4.78, 5) is 16.6. The molecule has 0 aliphatic heterocycles. The van der Waals surface area contributed by atoms with Gasteiger partial charge in [-0.15, -0.1) is 0 Å². The van der Waals surface area contributed by atoms with E-state index in [4.69, 9.17) is 4.74 Å². The average molecular weight is 817 g/mol. The maximum absolute atomic E-state index is 12.9. The van der Waals surface area contributed by atoms with Crippen LogP contribution in [0.25, 0.3) is 0 Å². The standard InChI is InChI=1S/C29H24I3O2S/c1-29(2,3)19-9-13-22(14-10-19)35(21-7-5-4-6-8-21)23-15-11-20(12-16-23)34-28(33)26-24(30)17-18-25(31)27(26)32/h4-18H,1-3H3/q+1. The zero-order chi connectivity index (χ0) is 25.2. The Morgan fingerprint density at radius 3 is 1.77 bits per heavy atom. The highest BCUT2D eigenvalue weighted by atomic mass is 127. The van der Waals surface area contributed by atoms with Crippen LogP contribution in [0.5, 0.6) is 5.75 Å². The van der Waals surface area contributed by atoms with Gasteiger partial charge in [0.1, 0.15) is 5.75 Å². The Bertz CT molecular complexity index is 1330. The predicted octanol–water partition coefficient (Wildman–Crippen LogP) is 9.11.